The van der Waals surface area contributed by atoms with E-state index in [4.69, 9.17) is 9.47 Å². The van der Waals surface area contributed by atoms with Crippen LogP contribution in [-0.2, 0) is 15.7 Å². The summed E-state index contributed by atoms with van der Waals surface area (Å²) >= 11 is 0. The summed E-state index contributed by atoms with van der Waals surface area (Å²) in [6.45, 7) is 15.7. The molecule has 2 rings (SSSR count). The number of carbonyl (C=O) groups excluding carboxylic acids is 1. The van der Waals surface area contributed by atoms with Gasteiger partial charge in [0.15, 0.2) is 0 Å². The van der Waals surface area contributed by atoms with E-state index in [-0.39, 0.29) is 12.0 Å². The zero-order chi connectivity index (χ0) is 27.6. The minimum Gasteiger partial charge on any atom is -0.490 e. The second-order valence-corrected chi connectivity index (χ2v) is 11.0. The summed E-state index contributed by atoms with van der Waals surface area (Å²) in [5.74, 6) is 0.761. The van der Waals surface area contributed by atoms with Crippen molar-refractivity contribution in [2.75, 3.05) is 13.2 Å². The van der Waals surface area contributed by atoms with Gasteiger partial charge in [0.1, 0.15) is 19.0 Å². The van der Waals surface area contributed by atoms with Crippen molar-refractivity contribution >= 4 is 6.09 Å². The predicted molar refractivity (Wildman–Crippen MR) is 157 cm³/mol. The van der Waals surface area contributed by atoms with Crippen molar-refractivity contribution in [1.82, 2.24) is 5.32 Å². The molecule has 0 spiro atoms. The molecule has 0 atom stereocenters. The molecule has 0 unspecified atom stereocenters. The van der Waals surface area contributed by atoms with Gasteiger partial charge in [0.25, 0.3) is 0 Å². The number of hydrogen-bond acceptors (Lipinski definition) is 3. The summed E-state index contributed by atoms with van der Waals surface area (Å²) in [5.41, 5.74) is 1.89. The lowest BCUT2D eigenvalue weighted by Crippen LogP contribution is -2.41. The van der Waals surface area contributed by atoms with Gasteiger partial charge in [0, 0.05) is 0 Å². The average molecular weight is 512 g/mol. The Bertz CT molecular complexity index is 853. The summed E-state index contributed by atoms with van der Waals surface area (Å²) in [6, 6.07) is 17.9. The molecule has 0 aliphatic rings. The molecule has 208 valence electrons. The summed E-state index contributed by atoms with van der Waals surface area (Å²) in [4.78, 5) is 12.2. The molecule has 0 bridgehead atoms. The number of ether oxygens (including phenoxy) is 2. The fourth-order valence-corrected chi connectivity index (χ4v) is 3.91. The number of para-hydroxylation sites is 1. The molecule has 4 heteroatoms. The van der Waals surface area contributed by atoms with E-state index >= 15 is 0 Å². The highest BCUT2D eigenvalue weighted by Crippen LogP contribution is 2.30. The van der Waals surface area contributed by atoms with Gasteiger partial charge in [0.2, 0.25) is 0 Å². The van der Waals surface area contributed by atoms with E-state index in [1.807, 2.05) is 56.3 Å². The maximum Gasteiger partial charge on any atom is 0.407 e. The molecule has 0 heterocycles. The summed E-state index contributed by atoms with van der Waals surface area (Å²) in [6.07, 6.45) is 12.1. The Morgan fingerprint density at radius 2 is 1.30 bits per heavy atom. The number of hydrogen-bond donors (Lipinski definition) is 1. The van der Waals surface area contributed by atoms with Crippen LogP contribution in [0.1, 0.15) is 117 Å². The van der Waals surface area contributed by atoms with Crippen molar-refractivity contribution in [1.29, 1.82) is 0 Å². The summed E-state index contributed by atoms with van der Waals surface area (Å²) in [5, 5.41) is 2.95. The summed E-state index contributed by atoms with van der Waals surface area (Å²) in [7, 11) is 0. The highest BCUT2D eigenvalue weighted by molar-refractivity contribution is 5.68. The number of unbranched alkanes of at least 4 members (excludes halogenated alkanes) is 7. The van der Waals surface area contributed by atoms with Crippen LogP contribution in [0.2, 0.25) is 0 Å². The molecule has 2 aromatic carbocycles. The molecule has 0 saturated heterocycles. The van der Waals surface area contributed by atoms with E-state index < -0.39 is 11.6 Å². The van der Waals surface area contributed by atoms with Crippen LogP contribution in [0.15, 0.2) is 54.6 Å². The first-order chi connectivity index (χ1) is 17.7. The van der Waals surface area contributed by atoms with E-state index in [0.29, 0.717) is 6.61 Å². The minimum absolute atomic E-state index is 0.0986. The van der Waals surface area contributed by atoms with Gasteiger partial charge in [-0.15, -0.1) is 0 Å². The van der Waals surface area contributed by atoms with Crippen LogP contribution in [0.25, 0.3) is 0 Å². The van der Waals surface area contributed by atoms with Gasteiger partial charge in [-0.1, -0.05) is 128 Å². The topological polar surface area (TPSA) is 47.6 Å². The molecule has 0 aliphatic heterocycles. The molecule has 1 amide bonds. The lowest BCUT2D eigenvalue weighted by atomic mass is 9.80. The lowest BCUT2D eigenvalue weighted by Gasteiger charge is -2.29. The monoisotopic (exact) mass is 511 g/mol. The van der Waals surface area contributed by atoms with Crippen LogP contribution in [0.5, 0.6) is 5.75 Å². The minimum atomic E-state index is -0.531. The third-order valence-corrected chi connectivity index (χ3v) is 6.95. The molecule has 37 heavy (non-hydrogen) atoms. The molecule has 0 radical (unpaired) electrons. The molecule has 0 aromatic heterocycles. The van der Waals surface area contributed by atoms with Gasteiger partial charge >= 0.3 is 6.09 Å². The van der Waals surface area contributed by atoms with Crippen LogP contribution in [0.4, 0.5) is 4.79 Å². The normalized spacial score (nSPS) is 11.3. The molecule has 0 fully saturated rings. The standard InChI is InChI=1S/C23H31NO3.C10H22/c1-6-22(2,3)18-11-10-12-19(17-18)23(4,5)24-21(25)27-16-15-26-20-13-8-7-9-14-20;1-3-5-7-9-10-8-6-4-2/h7-14,17H,6,15-16H2,1-5H3,(H,24,25);3-10H2,1-2H3. The largest absolute Gasteiger partial charge is 0.490 e. The van der Waals surface area contributed by atoms with Gasteiger partial charge in [-0.2, -0.15) is 0 Å². The van der Waals surface area contributed by atoms with E-state index in [1.165, 1.54) is 56.9 Å². The van der Waals surface area contributed by atoms with Gasteiger partial charge < -0.3 is 14.8 Å². The number of rotatable bonds is 15. The van der Waals surface area contributed by atoms with E-state index in [1.54, 1.807) is 0 Å². The van der Waals surface area contributed by atoms with Crippen LogP contribution in [0, 0.1) is 0 Å². The van der Waals surface area contributed by atoms with Crippen molar-refractivity contribution in [3.8, 4) is 5.75 Å². The van der Waals surface area contributed by atoms with Gasteiger partial charge in [-0.3, -0.25) is 0 Å². The second kappa shape index (κ2) is 17.9. The van der Waals surface area contributed by atoms with Crippen LogP contribution in [0.3, 0.4) is 0 Å². The Balaban J connectivity index is 0.000000580. The van der Waals surface area contributed by atoms with Gasteiger partial charge in [0.05, 0.1) is 5.54 Å². The van der Waals surface area contributed by atoms with Crippen LogP contribution in [-0.4, -0.2) is 19.3 Å². The Morgan fingerprint density at radius 3 is 1.86 bits per heavy atom. The van der Waals surface area contributed by atoms with Gasteiger partial charge in [-0.05, 0) is 48.9 Å². The lowest BCUT2D eigenvalue weighted by molar-refractivity contribution is 0.117. The van der Waals surface area contributed by atoms with E-state index in [9.17, 15) is 4.79 Å². The quantitative estimate of drug-likeness (QED) is 0.242. The molecule has 1 N–H and O–H groups in total. The molecule has 2 aromatic rings. The number of carbonyl (C=O) groups is 1. The molecule has 4 nitrogen and oxygen atoms in total. The van der Waals surface area contributed by atoms with Crippen LogP contribution >= 0.6 is 0 Å². The maximum absolute atomic E-state index is 12.2. The second-order valence-electron chi connectivity index (χ2n) is 11.0. The zero-order valence-corrected chi connectivity index (χ0v) is 24.7. The fourth-order valence-electron chi connectivity index (χ4n) is 3.91. The third kappa shape index (κ3) is 13.6. The highest BCUT2D eigenvalue weighted by Gasteiger charge is 2.26. The van der Waals surface area contributed by atoms with E-state index in [0.717, 1.165) is 17.7 Å². The summed E-state index contributed by atoms with van der Waals surface area (Å²) < 4.78 is 10.8. The van der Waals surface area contributed by atoms with Crippen molar-refractivity contribution in [2.45, 2.75) is 117 Å². The SMILES string of the molecule is CCC(C)(C)c1cccc(C(C)(C)NC(=O)OCCOc2ccccc2)c1.CCCCCCCCCC. The third-order valence-electron chi connectivity index (χ3n) is 6.95. The fraction of sp³-hybridized carbons (Fsp3) is 0.606. The first-order valence-electron chi connectivity index (χ1n) is 14.4. The predicted octanol–water partition coefficient (Wildman–Crippen LogP) is 9.56. The molecular weight excluding hydrogens is 458 g/mol. The Morgan fingerprint density at radius 1 is 0.730 bits per heavy atom. The first-order valence-corrected chi connectivity index (χ1v) is 14.4. The highest BCUT2D eigenvalue weighted by atomic mass is 16.6. The van der Waals surface area contributed by atoms with Gasteiger partial charge in [-0.25, -0.2) is 4.79 Å². The Kier molecular flexibility index (Phi) is 15.7. The molecular formula is C33H53NO3. The van der Waals surface area contributed by atoms with Crippen molar-refractivity contribution in [3.63, 3.8) is 0 Å². The van der Waals surface area contributed by atoms with Crippen molar-refractivity contribution in [2.24, 2.45) is 0 Å². The molecule has 0 saturated carbocycles. The average Bonchev–Trinajstić information content (AvgIpc) is 2.89. The number of alkyl carbamates (subject to hydrolysis) is 1. The smallest absolute Gasteiger partial charge is 0.407 e. The number of benzene rings is 2. The first kappa shape index (κ1) is 32.5. The van der Waals surface area contributed by atoms with Crippen molar-refractivity contribution < 1.29 is 14.3 Å². The van der Waals surface area contributed by atoms with Crippen LogP contribution < -0.4 is 10.1 Å². The molecule has 0 aliphatic carbocycles. The number of nitrogens with one attached hydrogen (secondary N) is 1. The maximum atomic E-state index is 12.2. The Hall–Kier alpha value is -2.49. The zero-order valence-electron chi connectivity index (χ0n) is 24.7. The van der Waals surface area contributed by atoms with Crippen molar-refractivity contribution in [3.05, 3.63) is 65.7 Å². The Labute approximate surface area is 227 Å². The number of amides is 1. The van der Waals surface area contributed by atoms with E-state index in [2.05, 4.69) is 52.1 Å².